The van der Waals surface area contributed by atoms with E-state index in [1.165, 1.54) is 11.3 Å². The summed E-state index contributed by atoms with van der Waals surface area (Å²) >= 11 is 6.96. The Kier molecular flexibility index (Phi) is 2.67. The van der Waals surface area contributed by atoms with Crippen LogP contribution in [-0.2, 0) is 6.42 Å². The zero-order valence-corrected chi connectivity index (χ0v) is 6.74. The van der Waals surface area contributed by atoms with Crippen LogP contribution in [0.25, 0.3) is 0 Å². The third kappa shape index (κ3) is 1.98. The first-order valence-electron chi connectivity index (χ1n) is 2.80. The predicted octanol–water partition coefficient (Wildman–Crippen LogP) is 2.25. The summed E-state index contributed by atoms with van der Waals surface area (Å²) in [6.07, 6.45) is 1.22. The second-order valence-corrected chi connectivity index (χ2v) is 3.19. The SMILES string of the molecule is N#CCCc1csc(Cl)n1. The van der Waals surface area contributed by atoms with Gasteiger partial charge in [-0.3, -0.25) is 0 Å². The Morgan fingerprint density at radius 3 is 3.10 bits per heavy atom. The molecule has 0 saturated carbocycles. The lowest BCUT2D eigenvalue weighted by atomic mass is 10.3. The summed E-state index contributed by atoms with van der Waals surface area (Å²) in [5.41, 5.74) is 0.913. The topological polar surface area (TPSA) is 36.7 Å². The molecule has 1 heterocycles. The standard InChI is InChI=1S/C6H5ClN2S/c7-6-9-5(4-10-6)2-1-3-8/h4H,1-2H2. The van der Waals surface area contributed by atoms with Crippen LogP contribution < -0.4 is 0 Å². The first kappa shape index (κ1) is 7.52. The van der Waals surface area contributed by atoms with Gasteiger partial charge in [0.15, 0.2) is 4.47 Å². The fraction of sp³-hybridized carbons (Fsp3) is 0.333. The van der Waals surface area contributed by atoms with Crippen LogP contribution in [0, 0.1) is 11.3 Å². The van der Waals surface area contributed by atoms with E-state index in [4.69, 9.17) is 16.9 Å². The van der Waals surface area contributed by atoms with Crippen molar-refractivity contribution in [3.8, 4) is 6.07 Å². The minimum atomic E-state index is 0.514. The monoisotopic (exact) mass is 172 g/mol. The largest absolute Gasteiger partial charge is 0.230 e. The number of aromatic nitrogens is 1. The molecule has 0 spiro atoms. The summed E-state index contributed by atoms with van der Waals surface area (Å²) in [5.74, 6) is 0. The lowest BCUT2D eigenvalue weighted by Crippen LogP contribution is -1.81. The van der Waals surface area contributed by atoms with E-state index in [-0.39, 0.29) is 0 Å². The van der Waals surface area contributed by atoms with Gasteiger partial charge in [0.05, 0.1) is 11.8 Å². The van der Waals surface area contributed by atoms with Crippen LogP contribution in [0.15, 0.2) is 5.38 Å². The minimum absolute atomic E-state index is 0.514. The maximum absolute atomic E-state index is 8.23. The van der Waals surface area contributed by atoms with Crippen molar-refractivity contribution in [1.29, 1.82) is 5.26 Å². The molecule has 0 aromatic carbocycles. The summed E-state index contributed by atoms with van der Waals surface area (Å²) in [5, 5.41) is 10.1. The lowest BCUT2D eigenvalue weighted by molar-refractivity contribution is 0.968. The maximum atomic E-state index is 8.23. The molecule has 52 valence electrons. The van der Waals surface area contributed by atoms with Gasteiger partial charge in [-0.1, -0.05) is 11.6 Å². The van der Waals surface area contributed by atoms with Crippen LogP contribution in [0.4, 0.5) is 0 Å². The molecule has 0 radical (unpaired) electrons. The molecule has 10 heavy (non-hydrogen) atoms. The molecule has 4 heteroatoms. The molecule has 1 aromatic heterocycles. The number of rotatable bonds is 2. The fourth-order valence-corrected chi connectivity index (χ4v) is 1.40. The Morgan fingerprint density at radius 2 is 2.60 bits per heavy atom. The number of nitrogens with zero attached hydrogens (tertiary/aromatic N) is 2. The summed E-state index contributed by atoms with van der Waals surface area (Å²) in [4.78, 5) is 3.98. The normalized spacial score (nSPS) is 9.20. The molecule has 0 aliphatic rings. The van der Waals surface area contributed by atoms with Gasteiger partial charge in [0.25, 0.3) is 0 Å². The smallest absolute Gasteiger partial charge is 0.183 e. The highest BCUT2D eigenvalue weighted by Crippen LogP contribution is 2.15. The average molecular weight is 173 g/mol. The average Bonchev–Trinajstić information content (AvgIpc) is 2.31. The molecule has 0 saturated heterocycles. The molecule has 0 amide bonds. The second-order valence-electron chi connectivity index (χ2n) is 1.75. The highest BCUT2D eigenvalue weighted by molar-refractivity contribution is 7.13. The zero-order chi connectivity index (χ0) is 7.40. The Morgan fingerprint density at radius 1 is 1.80 bits per heavy atom. The first-order valence-corrected chi connectivity index (χ1v) is 4.05. The number of thiazole rings is 1. The van der Waals surface area contributed by atoms with E-state index < -0.39 is 0 Å². The third-order valence-corrected chi connectivity index (χ3v) is 2.04. The summed E-state index contributed by atoms with van der Waals surface area (Å²) in [6.45, 7) is 0. The molecule has 1 rings (SSSR count). The molecule has 0 aliphatic carbocycles. The van der Waals surface area contributed by atoms with E-state index >= 15 is 0 Å². The van der Waals surface area contributed by atoms with Crippen molar-refractivity contribution >= 4 is 22.9 Å². The first-order chi connectivity index (χ1) is 4.83. The van der Waals surface area contributed by atoms with Crippen molar-refractivity contribution in [3.05, 3.63) is 15.5 Å². The van der Waals surface area contributed by atoms with Gasteiger partial charge in [-0.15, -0.1) is 11.3 Å². The van der Waals surface area contributed by atoms with Crippen LogP contribution in [0.2, 0.25) is 4.47 Å². The van der Waals surface area contributed by atoms with Crippen LogP contribution in [0.5, 0.6) is 0 Å². The van der Waals surface area contributed by atoms with Gasteiger partial charge >= 0.3 is 0 Å². The molecular weight excluding hydrogens is 168 g/mol. The molecule has 0 bridgehead atoms. The number of nitriles is 1. The number of aryl methyl sites for hydroxylation is 1. The third-order valence-electron chi connectivity index (χ3n) is 1.02. The number of halogens is 1. The second kappa shape index (κ2) is 3.55. The van der Waals surface area contributed by atoms with Crippen molar-refractivity contribution < 1.29 is 0 Å². The number of hydrogen-bond donors (Lipinski definition) is 0. The van der Waals surface area contributed by atoms with Gasteiger partial charge < -0.3 is 0 Å². The van der Waals surface area contributed by atoms with Crippen LogP contribution in [-0.4, -0.2) is 4.98 Å². The minimum Gasteiger partial charge on any atom is -0.230 e. The van der Waals surface area contributed by atoms with E-state index in [1.54, 1.807) is 0 Å². The van der Waals surface area contributed by atoms with Crippen molar-refractivity contribution in [3.63, 3.8) is 0 Å². The Bertz CT molecular complexity index is 250. The highest BCUT2D eigenvalue weighted by atomic mass is 35.5. The quantitative estimate of drug-likeness (QED) is 0.686. The van der Waals surface area contributed by atoms with E-state index in [0.29, 0.717) is 17.3 Å². The molecule has 0 unspecified atom stereocenters. The molecule has 0 fully saturated rings. The molecule has 1 aromatic rings. The predicted molar refractivity (Wildman–Crippen MR) is 41.1 cm³/mol. The molecule has 0 atom stereocenters. The Labute approximate surface area is 68.1 Å². The van der Waals surface area contributed by atoms with Gasteiger partial charge in [-0.05, 0) is 0 Å². The van der Waals surface area contributed by atoms with Crippen molar-refractivity contribution in [1.82, 2.24) is 4.98 Å². The van der Waals surface area contributed by atoms with E-state index in [2.05, 4.69) is 4.98 Å². The van der Waals surface area contributed by atoms with E-state index in [0.717, 1.165) is 5.69 Å². The Hall–Kier alpha value is -0.590. The van der Waals surface area contributed by atoms with Gasteiger partial charge in [-0.2, -0.15) is 5.26 Å². The van der Waals surface area contributed by atoms with Gasteiger partial charge in [-0.25, -0.2) is 4.98 Å². The summed E-state index contributed by atoms with van der Waals surface area (Å²) in [7, 11) is 0. The molecule has 0 N–H and O–H groups in total. The van der Waals surface area contributed by atoms with Gasteiger partial charge in [0, 0.05) is 18.2 Å². The van der Waals surface area contributed by atoms with Crippen LogP contribution in [0.1, 0.15) is 12.1 Å². The lowest BCUT2D eigenvalue weighted by Gasteiger charge is -1.83. The molecule has 2 nitrogen and oxygen atoms in total. The summed E-state index contributed by atoms with van der Waals surface area (Å²) < 4.78 is 0.549. The summed E-state index contributed by atoms with van der Waals surface area (Å²) in [6, 6.07) is 2.05. The van der Waals surface area contributed by atoms with Crippen molar-refractivity contribution in [2.24, 2.45) is 0 Å². The van der Waals surface area contributed by atoms with Gasteiger partial charge in [0.2, 0.25) is 0 Å². The highest BCUT2D eigenvalue weighted by Gasteiger charge is 1.97. The van der Waals surface area contributed by atoms with Crippen molar-refractivity contribution in [2.75, 3.05) is 0 Å². The maximum Gasteiger partial charge on any atom is 0.183 e. The molecular formula is C6H5ClN2S. The van der Waals surface area contributed by atoms with E-state index in [1.807, 2.05) is 11.4 Å². The fourth-order valence-electron chi connectivity index (χ4n) is 0.581. The van der Waals surface area contributed by atoms with Gasteiger partial charge in [0.1, 0.15) is 0 Å². The van der Waals surface area contributed by atoms with Crippen LogP contribution in [0.3, 0.4) is 0 Å². The zero-order valence-electron chi connectivity index (χ0n) is 5.17. The van der Waals surface area contributed by atoms with E-state index in [9.17, 15) is 0 Å². The Balaban J connectivity index is 2.52. The van der Waals surface area contributed by atoms with Crippen LogP contribution >= 0.6 is 22.9 Å². The molecule has 0 aliphatic heterocycles. The number of hydrogen-bond acceptors (Lipinski definition) is 3. The van der Waals surface area contributed by atoms with Crippen molar-refractivity contribution in [2.45, 2.75) is 12.8 Å².